The Balaban J connectivity index is 2.55. The fraction of sp³-hybridized carbons (Fsp3) is 0.200. The SMILES string of the molecule is SCCc1csc2ccccc12. The van der Waals surface area contributed by atoms with Crippen LogP contribution in [0.15, 0.2) is 29.6 Å². The first-order valence-corrected chi connectivity index (χ1v) is 5.49. The molecule has 0 saturated heterocycles. The predicted octanol–water partition coefficient (Wildman–Crippen LogP) is 3.37. The van der Waals surface area contributed by atoms with Crippen LogP contribution in [0, 0.1) is 0 Å². The number of aryl methyl sites for hydroxylation is 1. The molecule has 0 saturated carbocycles. The van der Waals surface area contributed by atoms with E-state index in [-0.39, 0.29) is 0 Å². The van der Waals surface area contributed by atoms with Crippen molar-refractivity contribution in [1.29, 1.82) is 0 Å². The molecule has 1 heterocycles. The Labute approximate surface area is 81.6 Å². The molecule has 1 aromatic heterocycles. The first-order chi connectivity index (χ1) is 5.92. The minimum Gasteiger partial charge on any atom is -0.179 e. The summed E-state index contributed by atoms with van der Waals surface area (Å²) in [5, 5.41) is 3.64. The van der Waals surface area contributed by atoms with E-state index in [1.807, 2.05) is 11.3 Å². The van der Waals surface area contributed by atoms with Gasteiger partial charge in [0.2, 0.25) is 0 Å². The third-order valence-electron chi connectivity index (χ3n) is 1.94. The molecule has 0 unspecified atom stereocenters. The van der Waals surface area contributed by atoms with Gasteiger partial charge in [-0.2, -0.15) is 12.6 Å². The standard InChI is InChI=1S/C10H10S2/c11-6-5-8-7-12-10-4-2-1-3-9(8)10/h1-4,7,11H,5-6H2. The molecule has 62 valence electrons. The van der Waals surface area contributed by atoms with Gasteiger partial charge in [-0.1, -0.05) is 18.2 Å². The summed E-state index contributed by atoms with van der Waals surface area (Å²) in [6.45, 7) is 0. The maximum Gasteiger partial charge on any atom is 0.0345 e. The van der Waals surface area contributed by atoms with Crippen molar-refractivity contribution < 1.29 is 0 Å². The normalized spacial score (nSPS) is 10.8. The molecule has 0 spiro atoms. The topological polar surface area (TPSA) is 0 Å². The van der Waals surface area contributed by atoms with Gasteiger partial charge < -0.3 is 0 Å². The van der Waals surface area contributed by atoms with Crippen LogP contribution in [0.4, 0.5) is 0 Å². The van der Waals surface area contributed by atoms with Crippen LogP contribution in [0.3, 0.4) is 0 Å². The van der Waals surface area contributed by atoms with Gasteiger partial charge in [-0.3, -0.25) is 0 Å². The zero-order valence-corrected chi connectivity index (χ0v) is 8.37. The molecule has 0 amide bonds. The highest BCUT2D eigenvalue weighted by Gasteiger charge is 2.00. The fourth-order valence-corrected chi connectivity index (χ4v) is 2.59. The van der Waals surface area contributed by atoms with Crippen molar-refractivity contribution in [2.24, 2.45) is 0 Å². The van der Waals surface area contributed by atoms with Gasteiger partial charge in [-0.05, 0) is 34.6 Å². The minimum absolute atomic E-state index is 0.931. The summed E-state index contributed by atoms with van der Waals surface area (Å²) in [4.78, 5) is 0. The minimum atomic E-state index is 0.931. The number of thiol groups is 1. The van der Waals surface area contributed by atoms with Crippen LogP contribution in [0.5, 0.6) is 0 Å². The quantitative estimate of drug-likeness (QED) is 0.696. The lowest BCUT2D eigenvalue weighted by Crippen LogP contribution is -1.81. The molecule has 0 N–H and O–H groups in total. The zero-order valence-electron chi connectivity index (χ0n) is 6.66. The highest BCUT2D eigenvalue weighted by atomic mass is 32.1. The average Bonchev–Trinajstić information content (AvgIpc) is 2.50. The van der Waals surface area contributed by atoms with Gasteiger partial charge in [-0.25, -0.2) is 0 Å². The van der Waals surface area contributed by atoms with E-state index in [1.165, 1.54) is 15.6 Å². The van der Waals surface area contributed by atoms with E-state index >= 15 is 0 Å². The van der Waals surface area contributed by atoms with Crippen LogP contribution in [-0.4, -0.2) is 5.75 Å². The maximum absolute atomic E-state index is 4.24. The summed E-state index contributed by atoms with van der Waals surface area (Å²) in [7, 11) is 0. The zero-order chi connectivity index (χ0) is 8.39. The molecule has 1 aromatic carbocycles. The van der Waals surface area contributed by atoms with Gasteiger partial charge in [0.15, 0.2) is 0 Å². The van der Waals surface area contributed by atoms with Crippen molar-refractivity contribution in [2.75, 3.05) is 5.75 Å². The van der Waals surface area contributed by atoms with Gasteiger partial charge in [0, 0.05) is 4.70 Å². The van der Waals surface area contributed by atoms with Crippen molar-refractivity contribution >= 4 is 34.1 Å². The van der Waals surface area contributed by atoms with Crippen LogP contribution in [0.1, 0.15) is 5.56 Å². The van der Waals surface area contributed by atoms with Gasteiger partial charge in [0.1, 0.15) is 0 Å². The third kappa shape index (κ3) is 1.37. The van der Waals surface area contributed by atoms with Crippen molar-refractivity contribution in [3.8, 4) is 0 Å². The van der Waals surface area contributed by atoms with Crippen LogP contribution < -0.4 is 0 Å². The average molecular weight is 194 g/mol. The number of hydrogen-bond donors (Lipinski definition) is 1. The molecule has 2 heteroatoms. The van der Waals surface area contributed by atoms with Crippen LogP contribution in [0.25, 0.3) is 10.1 Å². The molecule has 0 aliphatic rings. The van der Waals surface area contributed by atoms with Crippen molar-refractivity contribution in [3.63, 3.8) is 0 Å². The van der Waals surface area contributed by atoms with E-state index in [9.17, 15) is 0 Å². The van der Waals surface area contributed by atoms with E-state index in [2.05, 4.69) is 42.3 Å². The summed E-state index contributed by atoms with van der Waals surface area (Å²) in [6.07, 6.45) is 1.08. The van der Waals surface area contributed by atoms with Gasteiger partial charge in [0.25, 0.3) is 0 Å². The van der Waals surface area contributed by atoms with E-state index in [0.29, 0.717) is 0 Å². The van der Waals surface area contributed by atoms with E-state index in [4.69, 9.17) is 0 Å². The Morgan fingerprint density at radius 1 is 1.25 bits per heavy atom. The number of thiophene rings is 1. The molecule has 12 heavy (non-hydrogen) atoms. The van der Waals surface area contributed by atoms with E-state index < -0.39 is 0 Å². The number of fused-ring (bicyclic) bond motifs is 1. The van der Waals surface area contributed by atoms with Gasteiger partial charge in [-0.15, -0.1) is 11.3 Å². The van der Waals surface area contributed by atoms with Crippen LogP contribution in [-0.2, 0) is 6.42 Å². The van der Waals surface area contributed by atoms with Crippen molar-refractivity contribution in [3.05, 3.63) is 35.2 Å². The van der Waals surface area contributed by atoms with Crippen molar-refractivity contribution in [2.45, 2.75) is 6.42 Å². The lowest BCUT2D eigenvalue weighted by atomic mass is 10.1. The molecule has 2 aromatic rings. The summed E-state index contributed by atoms with van der Waals surface area (Å²) >= 11 is 6.06. The Kier molecular flexibility index (Phi) is 2.38. The largest absolute Gasteiger partial charge is 0.179 e. The summed E-state index contributed by atoms with van der Waals surface area (Å²) in [5.74, 6) is 0.931. The molecule has 0 bridgehead atoms. The van der Waals surface area contributed by atoms with E-state index in [1.54, 1.807) is 0 Å². The second-order valence-electron chi connectivity index (χ2n) is 2.73. The molecular weight excluding hydrogens is 184 g/mol. The summed E-state index contributed by atoms with van der Waals surface area (Å²) in [6, 6.07) is 8.53. The highest BCUT2D eigenvalue weighted by molar-refractivity contribution is 7.80. The molecule has 0 radical (unpaired) electrons. The Bertz CT molecular complexity index is 376. The third-order valence-corrected chi connectivity index (χ3v) is 3.18. The number of hydrogen-bond acceptors (Lipinski definition) is 2. The lowest BCUT2D eigenvalue weighted by Gasteiger charge is -1.93. The second kappa shape index (κ2) is 3.50. The van der Waals surface area contributed by atoms with Crippen LogP contribution >= 0.6 is 24.0 Å². The number of rotatable bonds is 2. The van der Waals surface area contributed by atoms with Crippen LogP contribution in [0.2, 0.25) is 0 Å². The Morgan fingerprint density at radius 2 is 2.08 bits per heavy atom. The molecule has 0 aliphatic carbocycles. The van der Waals surface area contributed by atoms with Gasteiger partial charge >= 0.3 is 0 Å². The highest BCUT2D eigenvalue weighted by Crippen LogP contribution is 2.25. The molecular formula is C10H10S2. The Morgan fingerprint density at radius 3 is 2.92 bits per heavy atom. The fourth-order valence-electron chi connectivity index (χ4n) is 1.35. The molecule has 2 rings (SSSR count). The molecule has 0 atom stereocenters. The smallest absolute Gasteiger partial charge is 0.0345 e. The molecule has 0 fully saturated rings. The monoisotopic (exact) mass is 194 g/mol. The van der Waals surface area contributed by atoms with E-state index in [0.717, 1.165) is 12.2 Å². The molecule has 0 aliphatic heterocycles. The second-order valence-corrected chi connectivity index (χ2v) is 4.09. The number of benzene rings is 1. The summed E-state index contributed by atoms with van der Waals surface area (Å²) < 4.78 is 1.38. The summed E-state index contributed by atoms with van der Waals surface area (Å²) in [5.41, 5.74) is 1.44. The predicted molar refractivity (Wildman–Crippen MR) is 59.4 cm³/mol. The van der Waals surface area contributed by atoms with Crippen molar-refractivity contribution in [1.82, 2.24) is 0 Å². The lowest BCUT2D eigenvalue weighted by molar-refractivity contribution is 1.20. The first-order valence-electron chi connectivity index (χ1n) is 3.98. The van der Waals surface area contributed by atoms with Gasteiger partial charge in [0.05, 0.1) is 0 Å². The Hall–Kier alpha value is -0.470. The first kappa shape index (κ1) is 8.14. The molecule has 0 nitrogen and oxygen atoms in total. The maximum atomic E-state index is 4.24.